The summed E-state index contributed by atoms with van der Waals surface area (Å²) >= 11 is 0. The minimum Gasteiger partial charge on any atom is -0.246 e. The summed E-state index contributed by atoms with van der Waals surface area (Å²) in [6, 6.07) is 5.50. The SMILES string of the molecule is CCc1cc(CF)cc(CN=[N+]=[N-])c1. The Morgan fingerprint density at radius 3 is 2.50 bits per heavy atom. The molecule has 1 aromatic rings. The van der Waals surface area contributed by atoms with E-state index in [1.165, 1.54) is 0 Å². The van der Waals surface area contributed by atoms with E-state index in [2.05, 4.69) is 10.0 Å². The molecule has 4 heteroatoms. The van der Waals surface area contributed by atoms with E-state index in [1.54, 1.807) is 6.07 Å². The normalized spacial score (nSPS) is 9.57. The molecule has 0 saturated carbocycles. The molecule has 14 heavy (non-hydrogen) atoms. The number of alkyl halides is 1. The number of halogens is 1. The first-order chi connectivity index (χ1) is 6.80. The van der Waals surface area contributed by atoms with Crippen LogP contribution in [0.2, 0.25) is 0 Å². The summed E-state index contributed by atoms with van der Waals surface area (Å²) in [6.07, 6.45) is 0.858. The summed E-state index contributed by atoms with van der Waals surface area (Å²) in [7, 11) is 0. The van der Waals surface area contributed by atoms with E-state index in [0.29, 0.717) is 5.56 Å². The molecule has 0 unspecified atom stereocenters. The lowest BCUT2D eigenvalue weighted by atomic mass is 10.0. The van der Waals surface area contributed by atoms with Crippen molar-refractivity contribution in [2.45, 2.75) is 26.6 Å². The molecule has 1 rings (SSSR count). The van der Waals surface area contributed by atoms with Crippen molar-refractivity contribution in [1.29, 1.82) is 0 Å². The van der Waals surface area contributed by atoms with E-state index in [1.807, 2.05) is 19.1 Å². The Labute approximate surface area is 82.2 Å². The van der Waals surface area contributed by atoms with Crippen LogP contribution in [0.5, 0.6) is 0 Å². The molecule has 0 bridgehead atoms. The zero-order valence-corrected chi connectivity index (χ0v) is 8.07. The monoisotopic (exact) mass is 193 g/mol. The second-order valence-corrected chi connectivity index (χ2v) is 3.03. The van der Waals surface area contributed by atoms with Crippen LogP contribution in [0.4, 0.5) is 4.39 Å². The minimum atomic E-state index is -0.475. The second kappa shape index (κ2) is 5.25. The summed E-state index contributed by atoms with van der Waals surface area (Å²) in [5.74, 6) is 0. The third-order valence-corrected chi connectivity index (χ3v) is 1.99. The Bertz CT molecular complexity index is 334. The molecule has 0 aliphatic heterocycles. The van der Waals surface area contributed by atoms with Gasteiger partial charge in [-0.05, 0) is 28.6 Å². The lowest BCUT2D eigenvalue weighted by Gasteiger charge is -2.04. The average molecular weight is 193 g/mol. The van der Waals surface area contributed by atoms with E-state index in [9.17, 15) is 4.39 Å². The quantitative estimate of drug-likeness (QED) is 0.399. The Morgan fingerprint density at radius 2 is 1.93 bits per heavy atom. The van der Waals surface area contributed by atoms with Crippen molar-refractivity contribution < 1.29 is 4.39 Å². The van der Waals surface area contributed by atoms with E-state index in [4.69, 9.17) is 5.53 Å². The predicted molar refractivity (Wildman–Crippen MR) is 53.5 cm³/mol. The lowest BCUT2D eigenvalue weighted by Crippen LogP contribution is -1.90. The molecule has 0 atom stereocenters. The first kappa shape index (κ1) is 10.5. The second-order valence-electron chi connectivity index (χ2n) is 3.03. The Hall–Kier alpha value is -1.54. The number of nitrogens with zero attached hydrogens (tertiary/aromatic N) is 3. The maximum Gasteiger partial charge on any atom is 0.115 e. The van der Waals surface area contributed by atoms with E-state index in [0.717, 1.165) is 17.5 Å². The molecule has 0 fully saturated rings. The van der Waals surface area contributed by atoms with Crippen LogP contribution in [0, 0.1) is 0 Å². The molecule has 0 radical (unpaired) electrons. The van der Waals surface area contributed by atoms with Gasteiger partial charge in [-0.2, -0.15) is 0 Å². The topological polar surface area (TPSA) is 48.8 Å². The van der Waals surface area contributed by atoms with E-state index in [-0.39, 0.29) is 6.54 Å². The molecule has 0 aliphatic rings. The minimum absolute atomic E-state index is 0.289. The van der Waals surface area contributed by atoms with Crippen molar-refractivity contribution in [2.24, 2.45) is 5.11 Å². The van der Waals surface area contributed by atoms with Crippen molar-refractivity contribution >= 4 is 0 Å². The maximum absolute atomic E-state index is 12.4. The van der Waals surface area contributed by atoms with Gasteiger partial charge >= 0.3 is 0 Å². The highest BCUT2D eigenvalue weighted by Crippen LogP contribution is 2.13. The van der Waals surface area contributed by atoms with Gasteiger partial charge in [0.15, 0.2) is 0 Å². The highest BCUT2D eigenvalue weighted by atomic mass is 19.1. The summed E-state index contributed by atoms with van der Waals surface area (Å²) in [5, 5.41) is 3.45. The standard InChI is InChI=1S/C10H12FN3/c1-2-8-3-9(6-11)5-10(4-8)7-13-14-12/h3-5H,2,6-7H2,1H3. The fourth-order valence-electron chi connectivity index (χ4n) is 1.33. The zero-order valence-electron chi connectivity index (χ0n) is 8.07. The number of benzene rings is 1. The molecule has 3 nitrogen and oxygen atoms in total. The van der Waals surface area contributed by atoms with Gasteiger partial charge < -0.3 is 0 Å². The smallest absolute Gasteiger partial charge is 0.115 e. The van der Waals surface area contributed by atoms with Crippen LogP contribution in [0.25, 0.3) is 10.4 Å². The Morgan fingerprint density at radius 1 is 1.29 bits per heavy atom. The van der Waals surface area contributed by atoms with Crippen LogP contribution in [0.15, 0.2) is 23.3 Å². The van der Waals surface area contributed by atoms with Crippen molar-refractivity contribution in [3.63, 3.8) is 0 Å². The molecule has 0 aromatic heterocycles. The molecule has 1 aromatic carbocycles. The third kappa shape index (κ3) is 2.75. The molecule has 0 aliphatic carbocycles. The third-order valence-electron chi connectivity index (χ3n) is 1.99. The number of hydrogen-bond donors (Lipinski definition) is 0. The first-order valence-electron chi connectivity index (χ1n) is 4.48. The fourth-order valence-corrected chi connectivity index (χ4v) is 1.33. The zero-order chi connectivity index (χ0) is 10.4. The fraction of sp³-hybridized carbons (Fsp3) is 0.400. The lowest BCUT2D eigenvalue weighted by molar-refractivity contribution is 0.484. The van der Waals surface area contributed by atoms with Gasteiger partial charge in [0.05, 0.1) is 6.54 Å². The highest BCUT2D eigenvalue weighted by molar-refractivity contribution is 5.30. The molecule has 0 amide bonds. The van der Waals surface area contributed by atoms with Crippen LogP contribution in [-0.4, -0.2) is 0 Å². The molecular weight excluding hydrogens is 181 g/mol. The van der Waals surface area contributed by atoms with Crippen molar-refractivity contribution in [3.8, 4) is 0 Å². The van der Waals surface area contributed by atoms with Gasteiger partial charge in [-0.3, -0.25) is 0 Å². The molecule has 0 spiro atoms. The summed E-state index contributed by atoms with van der Waals surface area (Å²) in [4.78, 5) is 2.67. The van der Waals surface area contributed by atoms with Crippen LogP contribution < -0.4 is 0 Å². The van der Waals surface area contributed by atoms with E-state index >= 15 is 0 Å². The summed E-state index contributed by atoms with van der Waals surface area (Å²) < 4.78 is 12.4. The van der Waals surface area contributed by atoms with Gasteiger partial charge in [0.25, 0.3) is 0 Å². The number of rotatable bonds is 4. The van der Waals surface area contributed by atoms with Crippen LogP contribution in [0.3, 0.4) is 0 Å². The van der Waals surface area contributed by atoms with Crippen molar-refractivity contribution in [1.82, 2.24) is 0 Å². The van der Waals surface area contributed by atoms with Gasteiger partial charge in [0.1, 0.15) is 6.67 Å². The van der Waals surface area contributed by atoms with Gasteiger partial charge in [-0.25, -0.2) is 4.39 Å². The average Bonchev–Trinajstić information content (AvgIpc) is 2.25. The van der Waals surface area contributed by atoms with Gasteiger partial charge in [-0.15, -0.1) is 0 Å². The number of aryl methyl sites for hydroxylation is 1. The van der Waals surface area contributed by atoms with Gasteiger partial charge in [-0.1, -0.05) is 30.2 Å². The Balaban J connectivity index is 2.97. The van der Waals surface area contributed by atoms with Crippen LogP contribution >= 0.6 is 0 Å². The molecular formula is C10H12FN3. The largest absolute Gasteiger partial charge is 0.246 e. The van der Waals surface area contributed by atoms with Crippen molar-refractivity contribution in [2.75, 3.05) is 0 Å². The van der Waals surface area contributed by atoms with Crippen LogP contribution in [-0.2, 0) is 19.6 Å². The maximum atomic E-state index is 12.4. The predicted octanol–water partition coefficient (Wildman–Crippen LogP) is 3.53. The van der Waals surface area contributed by atoms with Crippen molar-refractivity contribution in [3.05, 3.63) is 45.3 Å². The molecule has 0 N–H and O–H groups in total. The molecule has 0 heterocycles. The molecule has 74 valence electrons. The summed E-state index contributed by atoms with van der Waals surface area (Å²) in [5.41, 5.74) is 10.8. The van der Waals surface area contributed by atoms with E-state index < -0.39 is 6.67 Å². The molecule has 0 saturated heterocycles. The number of hydrogen-bond acceptors (Lipinski definition) is 1. The first-order valence-corrected chi connectivity index (χ1v) is 4.48. The number of azide groups is 1. The van der Waals surface area contributed by atoms with Gasteiger partial charge in [0.2, 0.25) is 0 Å². The summed E-state index contributed by atoms with van der Waals surface area (Å²) in [6.45, 7) is 1.82. The highest BCUT2D eigenvalue weighted by Gasteiger charge is 1.99. The van der Waals surface area contributed by atoms with Crippen LogP contribution in [0.1, 0.15) is 23.6 Å². The van der Waals surface area contributed by atoms with Gasteiger partial charge in [0, 0.05) is 4.91 Å². The Kier molecular flexibility index (Phi) is 3.95.